The van der Waals surface area contributed by atoms with Crippen molar-refractivity contribution in [2.75, 3.05) is 4.90 Å². The van der Waals surface area contributed by atoms with E-state index in [1.54, 1.807) is 23.1 Å². The first-order chi connectivity index (χ1) is 13.6. The van der Waals surface area contributed by atoms with E-state index in [1.165, 1.54) is 0 Å². The largest absolute Gasteiger partial charge is 0.361 e. The number of hydrogen-bond donors (Lipinski definition) is 1. The smallest absolute Gasteiger partial charge is 0.263 e. The highest BCUT2D eigenvalue weighted by atomic mass is 35.5. The molecule has 1 amide bonds. The zero-order chi connectivity index (χ0) is 19.3. The molecule has 4 aromatic rings. The highest BCUT2D eigenvalue weighted by molar-refractivity contribution is 6.45. The van der Waals surface area contributed by atoms with Crippen molar-refractivity contribution in [1.29, 1.82) is 0 Å². The normalized spacial score (nSPS) is 14.9. The Bertz CT molecular complexity index is 1250. The van der Waals surface area contributed by atoms with E-state index in [0.717, 1.165) is 27.7 Å². The second kappa shape index (κ2) is 6.55. The molecule has 136 valence electrons. The van der Waals surface area contributed by atoms with E-state index in [1.807, 2.05) is 60.8 Å². The van der Waals surface area contributed by atoms with Crippen LogP contribution in [0.25, 0.3) is 22.6 Å². The molecule has 5 heteroatoms. The van der Waals surface area contributed by atoms with Crippen LogP contribution in [0.4, 0.5) is 11.4 Å². The Hall–Kier alpha value is -3.01. The van der Waals surface area contributed by atoms with Gasteiger partial charge in [0.1, 0.15) is 0 Å². The number of carbonyl (C=O) groups is 1. The molecular formula is C23H14Cl2N2O. The summed E-state index contributed by atoms with van der Waals surface area (Å²) in [4.78, 5) is 18.3. The monoisotopic (exact) mass is 404 g/mol. The number of aromatic amines is 1. The van der Waals surface area contributed by atoms with E-state index in [0.29, 0.717) is 21.3 Å². The third-order valence-electron chi connectivity index (χ3n) is 4.95. The van der Waals surface area contributed by atoms with Crippen molar-refractivity contribution in [2.45, 2.75) is 0 Å². The molecule has 0 fully saturated rings. The Kier molecular flexibility index (Phi) is 4.00. The van der Waals surface area contributed by atoms with E-state index in [9.17, 15) is 4.79 Å². The lowest BCUT2D eigenvalue weighted by atomic mass is 10.0. The number of para-hydroxylation sites is 3. The molecule has 1 aliphatic rings. The van der Waals surface area contributed by atoms with E-state index in [-0.39, 0.29) is 5.91 Å². The number of carbonyl (C=O) groups excluding carboxylic acids is 1. The summed E-state index contributed by atoms with van der Waals surface area (Å²) < 4.78 is 0. The maximum Gasteiger partial charge on any atom is 0.263 e. The number of aromatic nitrogens is 1. The van der Waals surface area contributed by atoms with Crippen molar-refractivity contribution < 1.29 is 4.79 Å². The van der Waals surface area contributed by atoms with Crippen LogP contribution in [0.2, 0.25) is 10.0 Å². The molecular weight excluding hydrogens is 391 g/mol. The SMILES string of the molecule is O=C1/C(=C\c2c[nH]c3ccccc23)c2ccccc2N1c1c(Cl)cccc1Cl. The summed E-state index contributed by atoms with van der Waals surface area (Å²) >= 11 is 12.8. The van der Waals surface area contributed by atoms with Gasteiger partial charge in [-0.05, 0) is 30.3 Å². The lowest BCUT2D eigenvalue weighted by Crippen LogP contribution is -2.21. The Labute approximate surface area is 171 Å². The number of nitrogens with zero attached hydrogens (tertiary/aromatic N) is 1. The van der Waals surface area contributed by atoms with Gasteiger partial charge in [-0.2, -0.15) is 0 Å². The van der Waals surface area contributed by atoms with E-state index in [4.69, 9.17) is 23.2 Å². The van der Waals surface area contributed by atoms with E-state index >= 15 is 0 Å². The van der Waals surface area contributed by atoms with Crippen LogP contribution >= 0.6 is 23.2 Å². The van der Waals surface area contributed by atoms with Gasteiger partial charge in [-0.25, -0.2) is 0 Å². The number of anilines is 2. The quantitative estimate of drug-likeness (QED) is 0.371. The highest BCUT2D eigenvalue weighted by Gasteiger charge is 2.35. The second-order valence-electron chi connectivity index (χ2n) is 6.58. The number of nitrogens with one attached hydrogen (secondary N) is 1. The van der Waals surface area contributed by atoms with Crippen LogP contribution in [0.15, 0.2) is 72.9 Å². The molecule has 0 saturated heterocycles. The fourth-order valence-electron chi connectivity index (χ4n) is 3.67. The minimum absolute atomic E-state index is 0.151. The van der Waals surface area contributed by atoms with Gasteiger partial charge in [-0.15, -0.1) is 0 Å². The molecule has 1 aromatic heterocycles. The Morgan fingerprint density at radius 3 is 2.39 bits per heavy atom. The van der Waals surface area contributed by atoms with Crippen molar-refractivity contribution in [3.05, 3.63) is 94.1 Å². The number of benzene rings is 3. The van der Waals surface area contributed by atoms with Gasteiger partial charge in [-0.1, -0.05) is 65.7 Å². The summed E-state index contributed by atoms with van der Waals surface area (Å²) in [6.07, 6.45) is 3.84. The number of halogens is 2. The van der Waals surface area contributed by atoms with Gasteiger partial charge in [0.25, 0.3) is 5.91 Å². The minimum Gasteiger partial charge on any atom is -0.361 e. The number of amides is 1. The molecule has 3 nitrogen and oxygen atoms in total. The van der Waals surface area contributed by atoms with E-state index in [2.05, 4.69) is 4.98 Å². The molecule has 5 rings (SSSR count). The van der Waals surface area contributed by atoms with Crippen molar-refractivity contribution in [1.82, 2.24) is 4.98 Å². The van der Waals surface area contributed by atoms with Crippen LogP contribution in [0.3, 0.4) is 0 Å². The van der Waals surface area contributed by atoms with Crippen LogP contribution in [0.5, 0.6) is 0 Å². The molecule has 0 bridgehead atoms. The third-order valence-corrected chi connectivity index (χ3v) is 5.56. The fraction of sp³-hybridized carbons (Fsp3) is 0. The van der Waals surface area contributed by atoms with Gasteiger partial charge in [0.15, 0.2) is 0 Å². The van der Waals surface area contributed by atoms with Gasteiger partial charge >= 0.3 is 0 Å². The zero-order valence-corrected chi connectivity index (χ0v) is 16.1. The molecule has 0 saturated carbocycles. The highest BCUT2D eigenvalue weighted by Crippen LogP contribution is 2.47. The first kappa shape index (κ1) is 17.1. The molecule has 1 N–H and O–H groups in total. The van der Waals surface area contributed by atoms with Crippen molar-refractivity contribution >= 4 is 63.0 Å². The molecule has 28 heavy (non-hydrogen) atoms. The Morgan fingerprint density at radius 2 is 1.57 bits per heavy atom. The molecule has 0 atom stereocenters. The first-order valence-corrected chi connectivity index (χ1v) is 9.56. The second-order valence-corrected chi connectivity index (χ2v) is 7.39. The summed E-state index contributed by atoms with van der Waals surface area (Å²) in [5.41, 5.74) is 4.73. The number of rotatable bonds is 2. The summed E-state index contributed by atoms with van der Waals surface area (Å²) in [5.74, 6) is -0.151. The zero-order valence-electron chi connectivity index (χ0n) is 14.6. The molecule has 0 aliphatic carbocycles. The van der Waals surface area contributed by atoms with Gasteiger partial charge in [0.05, 0.1) is 27.0 Å². The van der Waals surface area contributed by atoms with Crippen molar-refractivity contribution in [2.24, 2.45) is 0 Å². The predicted octanol–water partition coefficient (Wildman–Crippen LogP) is 6.69. The number of H-pyrrole nitrogens is 1. The Balaban J connectivity index is 1.72. The predicted molar refractivity (Wildman–Crippen MR) is 116 cm³/mol. The fourth-order valence-corrected chi connectivity index (χ4v) is 4.24. The van der Waals surface area contributed by atoms with Crippen molar-refractivity contribution in [3.63, 3.8) is 0 Å². The molecule has 2 heterocycles. The summed E-state index contributed by atoms with van der Waals surface area (Å²) in [6, 6.07) is 20.9. The van der Waals surface area contributed by atoms with Gasteiger partial charge in [0.2, 0.25) is 0 Å². The number of fused-ring (bicyclic) bond motifs is 2. The molecule has 3 aromatic carbocycles. The summed E-state index contributed by atoms with van der Waals surface area (Å²) in [7, 11) is 0. The maximum atomic E-state index is 13.5. The molecule has 1 aliphatic heterocycles. The average Bonchev–Trinajstić information content (AvgIpc) is 3.23. The van der Waals surface area contributed by atoms with Crippen LogP contribution < -0.4 is 4.90 Å². The van der Waals surface area contributed by atoms with E-state index < -0.39 is 0 Å². The Morgan fingerprint density at radius 1 is 0.857 bits per heavy atom. The average molecular weight is 405 g/mol. The standard InChI is InChI=1S/C23H14Cl2N2O/c24-18-8-5-9-19(25)22(18)27-21-11-4-2-7-16(21)17(23(27)28)12-14-13-26-20-10-3-1-6-15(14)20/h1-13,26H/b17-12-. The lowest BCUT2D eigenvalue weighted by molar-refractivity contribution is -0.112. The lowest BCUT2D eigenvalue weighted by Gasteiger charge is -2.20. The topological polar surface area (TPSA) is 36.1 Å². The molecule has 0 spiro atoms. The van der Waals surface area contributed by atoms with Crippen LogP contribution in [-0.4, -0.2) is 10.9 Å². The molecule has 0 radical (unpaired) electrons. The maximum absolute atomic E-state index is 13.5. The van der Waals surface area contributed by atoms with Gasteiger partial charge in [-0.3, -0.25) is 9.69 Å². The summed E-state index contributed by atoms with van der Waals surface area (Å²) in [6.45, 7) is 0. The van der Waals surface area contributed by atoms with Crippen LogP contribution in [0, 0.1) is 0 Å². The number of hydrogen-bond acceptors (Lipinski definition) is 1. The molecule has 0 unspecified atom stereocenters. The first-order valence-electron chi connectivity index (χ1n) is 8.81. The van der Waals surface area contributed by atoms with Crippen LogP contribution in [-0.2, 0) is 4.79 Å². The summed E-state index contributed by atoms with van der Waals surface area (Å²) in [5, 5.41) is 1.93. The van der Waals surface area contributed by atoms with Crippen LogP contribution in [0.1, 0.15) is 11.1 Å². The third kappa shape index (κ3) is 2.55. The van der Waals surface area contributed by atoms with Gasteiger partial charge < -0.3 is 4.98 Å². The van der Waals surface area contributed by atoms with Gasteiger partial charge in [0, 0.05) is 28.2 Å². The minimum atomic E-state index is -0.151. The van der Waals surface area contributed by atoms with Crippen molar-refractivity contribution in [3.8, 4) is 0 Å².